The Morgan fingerprint density at radius 3 is 2.90 bits per heavy atom. The molecular formula is C13H15N5O3. The number of aromatic amines is 1. The van der Waals surface area contributed by atoms with Crippen molar-refractivity contribution in [2.75, 3.05) is 12.3 Å². The number of carbonyl (C=O) groups excluding carboxylic acids is 1. The number of aryl methyl sites for hydroxylation is 1. The van der Waals surface area contributed by atoms with Crippen LogP contribution in [0.25, 0.3) is 0 Å². The van der Waals surface area contributed by atoms with Gasteiger partial charge in [-0.3, -0.25) is 14.9 Å². The highest BCUT2D eigenvalue weighted by Crippen LogP contribution is 2.21. The summed E-state index contributed by atoms with van der Waals surface area (Å²) in [6.07, 6.45) is 4.89. The van der Waals surface area contributed by atoms with Crippen LogP contribution in [0.15, 0.2) is 30.6 Å². The minimum absolute atomic E-state index is 0.0248. The quantitative estimate of drug-likeness (QED) is 0.319. The predicted octanol–water partition coefficient (Wildman–Crippen LogP) is 1.26. The van der Waals surface area contributed by atoms with Crippen LogP contribution in [0.4, 0.5) is 11.4 Å². The van der Waals surface area contributed by atoms with Gasteiger partial charge in [0.25, 0.3) is 11.6 Å². The minimum Gasteiger partial charge on any atom is -0.393 e. The number of hydrogen-bond acceptors (Lipinski definition) is 5. The number of hydrogen-bond donors (Lipinski definition) is 3. The summed E-state index contributed by atoms with van der Waals surface area (Å²) in [6, 6.07) is 3.92. The van der Waals surface area contributed by atoms with Gasteiger partial charge < -0.3 is 16.0 Å². The number of aromatic nitrogens is 2. The Balaban J connectivity index is 1.85. The molecule has 0 fully saturated rings. The van der Waals surface area contributed by atoms with E-state index in [-0.39, 0.29) is 17.3 Å². The van der Waals surface area contributed by atoms with Gasteiger partial charge >= 0.3 is 0 Å². The fourth-order valence-electron chi connectivity index (χ4n) is 1.86. The van der Waals surface area contributed by atoms with Crippen LogP contribution in [0.1, 0.15) is 22.6 Å². The van der Waals surface area contributed by atoms with Crippen molar-refractivity contribution in [3.8, 4) is 0 Å². The maximum atomic E-state index is 11.9. The molecule has 0 bridgehead atoms. The van der Waals surface area contributed by atoms with Crippen molar-refractivity contribution in [2.45, 2.75) is 12.8 Å². The molecule has 0 saturated heterocycles. The van der Waals surface area contributed by atoms with Crippen molar-refractivity contribution in [3.05, 3.63) is 52.1 Å². The average molecular weight is 289 g/mol. The van der Waals surface area contributed by atoms with Gasteiger partial charge in [-0.1, -0.05) is 0 Å². The second-order valence-electron chi connectivity index (χ2n) is 4.43. The monoisotopic (exact) mass is 289 g/mol. The molecule has 2 rings (SSSR count). The predicted molar refractivity (Wildman–Crippen MR) is 76.8 cm³/mol. The van der Waals surface area contributed by atoms with Crippen molar-refractivity contribution in [3.63, 3.8) is 0 Å². The fraction of sp³-hybridized carbons (Fsp3) is 0.231. The number of H-pyrrole nitrogens is 1. The molecule has 0 spiro atoms. The van der Waals surface area contributed by atoms with Crippen LogP contribution in [-0.4, -0.2) is 27.3 Å². The molecule has 0 saturated carbocycles. The summed E-state index contributed by atoms with van der Waals surface area (Å²) in [5.41, 5.74) is 5.62. The molecule has 110 valence electrons. The lowest BCUT2D eigenvalue weighted by atomic mass is 10.1. The SMILES string of the molecule is Nc1cc(C(=O)NCCCc2ncc[nH]2)ccc1[N+](=O)[O-]. The Morgan fingerprint density at radius 2 is 2.29 bits per heavy atom. The van der Waals surface area contributed by atoms with Crippen molar-refractivity contribution in [2.24, 2.45) is 0 Å². The lowest BCUT2D eigenvalue weighted by Crippen LogP contribution is -2.25. The van der Waals surface area contributed by atoms with Crippen LogP contribution >= 0.6 is 0 Å². The maximum absolute atomic E-state index is 11.9. The van der Waals surface area contributed by atoms with E-state index in [0.717, 1.165) is 18.7 Å². The van der Waals surface area contributed by atoms with Gasteiger partial charge in [0.05, 0.1) is 4.92 Å². The van der Waals surface area contributed by atoms with E-state index in [1.807, 2.05) is 0 Å². The zero-order chi connectivity index (χ0) is 15.2. The number of nitrogens with zero attached hydrogens (tertiary/aromatic N) is 2. The molecule has 0 atom stereocenters. The molecule has 0 aliphatic heterocycles. The molecule has 8 heteroatoms. The highest BCUT2D eigenvalue weighted by atomic mass is 16.6. The number of nitro groups is 1. The standard InChI is InChI=1S/C13H15N5O3/c14-10-8-9(3-4-11(10)18(20)21)13(19)17-5-1-2-12-15-6-7-16-12/h3-4,6-8H,1-2,5,14H2,(H,15,16)(H,17,19). The number of nitrogens with one attached hydrogen (secondary N) is 2. The molecule has 0 aliphatic rings. The second-order valence-corrected chi connectivity index (χ2v) is 4.43. The Bertz CT molecular complexity index is 639. The largest absolute Gasteiger partial charge is 0.393 e. The molecule has 2 aromatic rings. The van der Waals surface area contributed by atoms with Crippen LogP contribution < -0.4 is 11.1 Å². The zero-order valence-corrected chi connectivity index (χ0v) is 11.2. The van der Waals surface area contributed by atoms with E-state index in [1.165, 1.54) is 18.2 Å². The Morgan fingerprint density at radius 1 is 1.48 bits per heavy atom. The number of nitrogen functional groups attached to an aromatic ring is 1. The Labute approximate surface area is 120 Å². The molecule has 1 aromatic heterocycles. The number of benzene rings is 1. The van der Waals surface area contributed by atoms with Crippen LogP contribution in [0.5, 0.6) is 0 Å². The molecular weight excluding hydrogens is 274 g/mol. The zero-order valence-electron chi connectivity index (χ0n) is 11.2. The summed E-state index contributed by atoms with van der Waals surface area (Å²) in [7, 11) is 0. The molecule has 0 unspecified atom stereocenters. The number of nitro benzene ring substituents is 1. The van der Waals surface area contributed by atoms with E-state index in [1.54, 1.807) is 12.4 Å². The minimum atomic E-state index is -0.583. The molecule has 1 heterocycles. The number of amides is 1. The van der Waals surface area contributed by atoms with Crippen LogP contribution in [-0.2, 0) is 6.42 Å². The first-order valence-electron chi connectivity index (χ1n) is 6.38. The van der Waals surface area contributed by atoms with Crippen LogP contribution in [0.2, 0.25) is 0 Å². The van der Waals surface area contributed by atoms with E-state index in [4.69, 9.17) is 5.73 Å². The van der Waals surface area contributed by atoms with Gasteiger partial charge in [-0.15, -0.1) is 0 Å². The summed E-state index contributed by atoms with van der Waals surface area (Å²) in [6.45, 7) is 0.483. The summed E-state index contributed by atoms with van der Waals surface area (Å²) in [5.74, 6) is 0.555. The second kappa shape index (κ2) is 6.51. The normalized spacial score (nSPS) is 10.3. The van der Waals surface area contributed by atoms with E-state index < -0.39 is 4.92 Å². The summed E-state index contributed by atoms with van der Waals surface area (Å²) >= 11 is 0. The van der Waals surface area contributed by atoms with Gasteiger partial charge in [-0.25, -0.2) is 4.98 Å². The number of rotatable bonds is 6. The smallest absolute Gasteiger partial charge is 0.292 e. The van der Waals surface area contributed by atoms with Gasteiger partial charge in [0.1, 0.15) is 11.5 Å². The van der Waals surface area contributed by atoms with Crippen molar-refractivity contribution < 1.29 is 9.72 Å². The highest BCUT2D eigenvalue weighted by molar-refractivity contribution is 5.95. The van der Waals surface area contributed by atoms with Crippen LogP contribution in [0.3, 0.4) is 0 Å². The van der Waals surface area contributed by atoms with Crippen LogP contribution in [0, 0.1) is 10.1 Å². The maximum Gasteiger partial charge on any atom is 0.292 e. The highest BCUT2D eigenvalue weighted by Gasteiger charge is 2.14. The molecule has 21 heavy (non-hydrogen) atoms. The van der Waals surface area contributed by atoms with Gasteiger partial charge in [0, 0.05) is 37.0 Å². The van der Waals surface area contributed by atoms with E-state index >= 15 is 0 Å². The van der Waals surface area contributed by atoms with E-state index in [9.17, 15) is 14.9 Å². The fourth-order valence-corrected chi connectivity index (χ4v) is 1.86. The first-order valence-corrected chi connectivity index (χ1v) is 6.38. The average Bonchev–Trinajstić information content (AvgIpc) is 2.96. The lowest BCUT2D eigenvalue weighted by molar-refractivity contribution is -0.383. The number of anilines is 1. The molecule has 1 amide bonds. The number of nitrogens with two attached hydrogens (primary N) is 1. The van der Waals surface area contributed by atoms with E-state index in [2.05, 4.69) is 15.3 Å². The molecule has 8 nitrogen and oxygen atoms in total. The van der Waals surface area contributed by atoms with Crippen molar-refractivity contribution in [1.29, 1.82) is 0 Å². The lowest BCUT2D eigenvalue weighted by Gasteiger charge is -2.05. The summed E-state index contributed by atoms with van der Waals surface area (Å²) in [5, 5.41) is 13.4. The third kappa shape index (κ3) is 3.78. The van der Waals surface area contributed by atoms with Gasteiger partial charge in [0.15, 0.2) is 0 Å². The topological polar surface area (TPSA) is 127 Å². The first kappa shape index (κ1) is 14.5. The molecule has 0 aliphatic carbocycles. The third-order valence-electron chi connectivity index (χ3n) is 2.92. The molecule has 1 aromatic carbocycles. The first-order chi connectivity index (χ1) is 10.1. The van der Waals surface area contributed by atoms with Gasteiger partial charge in [0.2, 0.25) is 0 Å². The summed E-state index contributed by atoms with van der Waals surface area (Å²) in [4.78, 5) is 29.0. The Hall–Kier alpha value is -2.90. The molecule has 0 radical (unpaired) electrons. The summed E-state index contributed by atoms with van der Waals surface area (Å²) < 4.78 is 0. The van der Waals surface area contributed by atoms with Gasteiger partial charge in [-0.05, 0) is 18.6 Å². The Kier molecular flexibility index (Phi) is 4.50. The van der Waals surface area contributed by atoms with E-state index in [0.29, 0.717) is 12.1 Å². The third-order valence-corrected chi connectivity index (χ3v) is 2.92. The van der Waals surface area contributed by atoms with Crippen molar-refractivity contribution in [1.82, 2.24) is 15.3 Å². The van der Waals surface area contributed by atoms with Gasteiger partial charge in [-0.2, -0.15) is 0 Å². The van der Waals surface area contributed by atoms with Crippen molar-refractivity contribution >= 4 is 17.3 Å². The molecule has 4 N–H and O–H groups in total. The number of carbonyl (C=O) groups is 1. The number of imidazole rings is 1.